The Bertz CT molecular complexity index is 1500. The standard InChI is InChI=1S/C30H40F3N3O5Si/c1-9-41-29(38)21-16-36(24(17(2)3)10-11-30(4,5)42(7,8)39)27-20(26(21)37)12-18(28(35-27)40-6)15-34-25-22(32)13-19(31)14-23(25)33/h12-14,16-17,24,34,39H,9-11,15H2,1-8H3/t24-/m1/s1. The molecule has 0 radical (unpaired) electrons. The number of rotatable bonds is 12. The van der Waals surface area contributed by atoms with Crippen LogP contribution in [0.15, 0.2) is 29.2 Å². The lowest BCUT2D eigenvalue weighted by Gasteiger charge is -2.37. The quantitative estimate of drug-likeness (QED) is 0.177. The van der Waals surface area contributed by atoms with Crippen LogP contribution in [0.2, 0.25) is 18.1 Å². The molecule has 0 bridgehead atoms. The first-order chi connectivity index (χ1) is 19.5. The number of ether oxygens (including phenoxy) is 2. The van der Waals surface area contributed by atoms with Crippen LogP contribution in [0.3, 0.4) is 0 Å². The second-order valence-electron chi connectivity index (χ2n) is 11.9. The third-order valence-corrected chi connectivity index (χ3v) is 11.6. The number of hydrogen-bond donors (Lipinski definition) is 2. The summed E-state index contributed by atoms with van der Waals surface area (Å²) in [5.74, 6) is -3.94. The molecule has 0 amide bonds. The lowest BCUT2D eigenvalue weighted by atomic mass is 9.94. The van der Waals surface area contributed by atoms with Gasteiger partial charge >= 0.3 is 5.97 Å². The van der Waals surface area contributed by atoms with Crippen LogP contribution in [0.25, 0.3) is 11.0 Å². The minimum absolute atomic E-state index is 0.0450. The topological polar surface area (TPSA) is 103 Å². The van der Waals surface area contributed by atoms with Gasteiger partial charge in [-0.3, -0.25) is 4.79 Å². The van der Waals surface area contributed by atoms with Crippen LogP contribution >= 0.6 is 0 Å². The average molecular weight is 608 g/mol. The smallest absolute Gasteiger partial charge is 0.343 e. The third kappa shape index (κ3) is 6.97. The summed E-state index contributed by atoms with van der Waals surface area (Å²) in [7, 11) is -1.13. The van der Waals surface area contributed by atoms with E-state index in [0.29, 0.717) is 25.0 Å². The second-order valence-corrected chi connectivity index (χ2v) is 16.4. The van der Waals surface area contributed by atoms with Gasteiger partial charge in [-0.15, -0.1) is 0 Å². The van der Waals surface area contributed by atoms with Crippen molar-refractivity contribution in [1.29, 1.82) is 0 Å². The second kappa shape index (κ2) is 12.9. The maximum Gasteiger partial charge on any atom is 0.343 e. The largest absolute Gasteiger partial charge is 0.481 e. The van der Waals surface area contributed by atoms with Gasteiger partial charge < -0.3 is 24.2 Å². The molecule has 0 aliphatic rings. The highest BCUT2D eigenvalue weighted by Gasteiger charge is 2.38. The molecule has 0 fully saturated rings. The van der Waals surface area contributed by atoms with Crippen molar-refractivity contribution in [2.24, 2.45) is 5.92 Å². The summed E-state index contributed by atoms with van der Waals surface area (Å²) >= 11 is 0. The van der Waals surface area contributed by atoms with Crippen molar-refractivity contribution in [1.82, 2.24) is 9.55 Å². The van der Waals surface area contributed by atoms with E-state index in [2.05, 4.69) is 10.3 Å². The molecular formula is C30H40F3N3O5Si. The predicted molar refractivity (Wildman–Crippen MR) is 159 cm³/mol. The van der Waals surface area contributed by atoms with Gasteiger partial charge in [0.15, 0.2) is 20.0 Å². The minimum Gasteiger partial charge on any atom is -0.481 e. The summed E-state index contributed by atoms with van der Waals surface area (Å²) in [5, 5.41) is 2.38. The van der Waals surface area contributed by atoms with E-state index >= 15 is 0 Å². The number of anilines is 1. The Morgan fingerprint density at radius 2 is 1.79 bits per heavy atom. The molecule has 0 aliphatic carbocycles. The van der Waals surface area contributed by atoms with Gasteiger partial charge in [0.05, 0.1) is 19.1 Å². The molecule has 1 aromatic carbocycles. The molecule has 12 heteroatoms. The summed E-state index contributed by atoms with van der Waals surface area (Å²) in [6, 6.07) is 2.36. The summed E-state index contributed by atoms with van der Waals surface area (Å²) in [6.07, 6.45) is 2.77. The number of halogens is 3. The van der Waals surface area contributed by atoms with E-state index in [1.54, 1.807) is 11.5 Å². The molecule has 2 aromatic heterocycles. The minimum atomic E-state index is -2.51. The van der Waals surface area contributed by atoms with Crippen LogP contribution in [-0.4, -0.2) is 42.4 Å². The number of nitrogens with one attached hydrogen (secondary N) is 1. The highest BCUT2D eigenvalue weighted by atomic mass is 28.4. The van der Waals surface area contributed by atoms with Gasteiger partial charge in [-0.1, -0.05) is 27.7 Å². The van der Waals surface area contributed by atoms with Gasteiger partial charge in [0.2, 0.25) is 11.3 Å². The van der Waals surface area contributed by atoms with Crippen molar-refractivity contribution in [2.45, 2.75) is 78.2 Å². The molecule has 42 heavy (non-hydrogen) atoms. The fraction of sp³-hybridized carbons (Fsp3) is 0.500. The molecule has 0 saturated carbocycles. The van der Waals surface area contributed by atoms with E-state index in [1.165, 1.54) is 19.4 Å². The third-order valence-electron chi connectivity index (χ3n) is 8.04. The zero-order chi connectivity index (χ0) is 31.6. The maximum atomic E-state index is 14.3. The van der Waals surface area contributed by atoms with Crippen molar-refractivity contribution < 1.29 is 32.2 Å². The molecular weight excluding hydrogens is 567 g/mol. The van der Waals surface area contributed by atoms with Crippen LogP contribution in [0, 0.1) is 23.4 Å². The SMILES string of the molecule is CCOC(=O)c1cn([C@H](CCC(C)(C)[Si](C)(C)O)C(C)C)c2nc(OC)c(CNc3c(F)cc(F)cc3F)cc2c1=O. The van der Waals surface area contributed by atoms with Gasteiger partial charge in [0.1, 0.15) is 22.7 Å². The van der Waals surface area contributed by atoms with E-state index in [-0.39, 0.29) is 58.2 Å². The molecule has 8 nitrogen and oxygen atoms in total. The number of benzene rings is 1. The van der Waals surface area contributed by atoms with Crippen molar-refractivity contribution in [2.75, 3.05) is 19.0 Å². The number of esters is 1. The van der Waals surface area contributed by atoms with Gasteiger partial charge in [-0.25, -0.2) is 18.0 Å². The maximum absolute atomic E-state index is 14.3. The Hall–Kier alpha value is -3.38. The van der Waals surface area contributed by atoms with Crippen LogP contribution in [-0.2, 0) is 11.3 Å². The molecule has 1 atom stereocenters. The molecule has 3 aromatic rings. The molecule has 0 aliphatic heterocycles. The molecule has 3 rings (SSSR count). The lowest BCUT2D eigenvalue weighted by molar-refractivity contribution is 0.0523. The number of carbonyl (C=O) groups excluding carboxylic acids is 1. The van der Waals surface area contributed by atoms with Crippen LogP contribution < -0.4 is 15.5 Å². The first kappa shape index (κ1) is 33.1. The summed E-state index contributed by atoms with van der Waals surface area (Å²) in [4.78, 5) is 42.0. The van der Waals surface area contributed by atoms with Gasteiger partial charge in [0.25, 0.3) is 0 Å². The number of fused-ring (bicyclic) bond motifs is 1. The van der Waals surface area contributed by atoms with Crippen LogP contribution in [0.4, 0.5) is 18.9 Å². The summed E-state index contributed by atoms with van der Waals surface area (Å²) in [6.45, 7) is 13.4. The Labute approximate surface area is 245 Å². The fourth-order valence-electron chi connectivity index (χ4n) is 4.71. The Morgan fingerprint density at radius 3 is 2.31 bits per heavy atom. The predicted octanol–water partition coefficient (Wildman–Crippen LogP) is 6.57. The number of pyridine rings is 2. The van der Waals surface area contributed by atoms with Gasteiger partial charge in [-0.05, 0) is 49.9 Å². The van der Waals surface area contributed by atoms with Crippen molar-refractivity contribution in [3.63, 3.8) is 0 Å². The molecule has 0 saturated heterocycles. The van der Waals surface area contributed by atoms with Crippen molar-refractivity contribution >= 4 is 31.0 Å². The van der Waals surface area contributed by atoms with E-state index in [9.17, 15) is 27.6 Å². The first-order valence-electron chi connectivity index (χ1n) is 13.9. The molecule has 0 unspecified atom stereocenters. The monoisotopic (exact) mass is 607 g/mol. The van der Waals surface area contributed by atoms with Crippen LogP contribution in [0.5, 0.6) is 5.88 Å². The number of aromatic nitrogens is 2. The van der Waals surface area contributed by atoms with E-state index in [4.69, 9.17) is 9.47 Å². The fourth-order valence-corrected chi connectivity index (χ4v) is 5.47. The number of hydrogen-bond acceptors (Lipinski definition) is 7. The molecule has 2 heterocycles. The Balaban J connectivity index is 2.20. The van der Waals surface area contributed by atoms with Gasteiger partial charge in [-0.2, -0.15) is 4.98 Å². The summed E-state index contributed by atoms with van der Waals surface area (Å²) < 4.78 is 54.4. The zero-order valence-electron chi connectivity index (χ0n) is 25.4. The Kier molecular flexibility index (Phi) is 10.1. The van der Waals surface area contributed by atoms with E-state index in [1.807, 2.05) is 40.8 Å². The number of nitrogens with zero attached hydrogens (tertiary/aromatic N) is 2. The molecule has 230 valence electrons. The Morgan fingerprint density at radius 1 is 1.17 bits per heavy atom. The average Bonchev–Trinajstić information content (AvgIpc) is 2.88. The van der Waals surface area contributed by atoms with E-state index < -0.39 is 42.9 Å². The van der Waals surface area contributed by atoms with Crippen molar-refractivity contribution in [3.8, 4) is 5.88 Å². The normalized spacial score (nSPS) is 13.0. The highest BCUT2D eigenvalue weighted by molar-refractivity contribution is 6.72. The first-order valence-corrected chi connectivity index (χ1v) is 16.9. The highest BCUT2D eigenvalue weighted by Crippen LogP contribution is 2.43. The lowest BCUT2D eigenvalue weighted by Crippen LogP contribution is -2.39. The number of carbonyl (C=O) groups is 1. The number of methoxy groups -OCH3 is 1. The van der Waals surface area contributed by atoms with E-state index in [0.717, 1.165) is 0 Å². The summed E-state index contributed by atoms with van der Waals surface area (Å²) in [5.41, 5.74) is -0.776. The van der Waals surface area contributed by atoms with Gasteiger partial charge in [0, 0.05) is 36.5 Å². The zero-order valence-corrected chi connectivity index (χ0v) is 26.4. The van der Waals surface area contributed by atoms with Crippen LogP contribution in [0.1, 0.15) is 69.4 Å². The molecule has 0 spiro atoms. The van der Waals surface area contributed by atoms with Crippen molar-refractivity contribution in [3.05, 3.63) is 63.2 Å². The molecule has 2 N–H and O–H groups in total.